The number of Topliss-reactive ketones (excluding diaryl/α,β-unsaturated/α-hetero) is 1. The van der Waals surface area contributed by atoms with Crippen LogP contribution in [0.25, 0.3) is 0 Å². The molecule has 4 nitrogen and oxygen atoms in total. The van der Waals surface area contributed by atoms with Gasteiger partial charge in [-0.25, -0.2) is 8.78 Å². The van der Waals surface area contributed by atoms with Gasteiger partial charge in [-0.1, -0.05) is 6.92 Å². The van der Waals surface area contributed by atoms with E-state index in [4.69, 9.17) is 4.74 Å². The molecule has 1 aliphatic heterocycles. The minimum Gasteiger partial charge on any atom is -0.380 e. The maximum absolute atomic E-state index is 13.7. The predicted octanol–water partition coefficient (Wildman–Crippen LogP) is 1.92. The van der Waals surface area contributed by atoms with E-state index >= 15 is 0 Å². The Hall–Kier alpha value is -1.82. The average molecular weight is 269 g/mol. The molecule has 0 saturated heterocycles. The van der Waals surface area contributed by atoms with Crippen molar-refractivity contribution in [3.63, 3.8) is 0 Å². The first-order valence-electron chi connectivity index (χ1n) is 5.99. The van der Waals surface area contributed by atoms with Crippen LogP contribution in [0.3, 0.4) is 0 Å². The van der Waals surface area contributed by atoms with Crippen LogP contribution in [0.4, 0.5) is 14.5 Å². The lowest BCUT2D eigenvalue weighted by atomic mass is 10.1. The molecule has 1 heterocycles. The highest BCUT2D eigenvalue weighted by molar-refractivity contribution is 6.52. The van der Waals surface area contributed by atoms with Crippen LogP contribution in [0.5, 0.6) is 0 Å². The first kappa shape index (κ1) is 13.6. The van der Waals surface area contributed by atoms with Gasteiger partial charge in [-0.2, -0.15) is 0 Å². The Morgan fingerprint density at radius 2 is 1.95 bits per heavy atom. The molecule has 0 fully saturated rings. The maximum Gasteiger partial charge on any atom is 0.299 e. The molecule has 6 heteroatoms. The molecule has 2 rings (SSSR count). The maximum atomic E-state index is 13.7. The third-order valence-corrected chi connectivity index (χ3v) is 2.79. The number of ether oxygens (including phenoxy) is 1. The van der Waals surface area contributed by atoms with E-state index in [1.54, 1.807) is 0 Å². The van der Waals surface area contributed by atoms with Gasteiger partial charge in [0.15, 0.2) is 5.82 Å². The molecular formula is C13H13F2NO3. The zero-order valence-corrected chi connectivity index (χ0v) is 10.4. The molecule has 0 spiro atoms. The molecule has 0 N–H and O–H groups in total. The van der Waals surface area contributed by atoms with Crippen LogP contribution in [0.15, 0.2) is 12.1 Å². The highest BCUT2D eigenvalue weighted by Gasteiger charge is 2.38. The van der Waals surface area contributed by atoms with Gasteiger partial charge in [0.05, 0.1) is 17.9 Å². The average Bonchev–Trinajstić information content (AvgIpc) is 2.60. The van der Waals surface area contributed by atoms with Gasteiger partial charge in [0.25, 0.3) is 11.7 Å². The van der Waals surface area contributed by atoms with Crippen LogP contribution >= 0.6 is 0 Å². The van der Waals surface area contributed by atoms with Crippen molar-refractivity contribution in [3.05, 3.63) is 29.3 Å². The first-order valence-corrected chi connectivity index (χ1v) is 5.99. The molecule has 0 bridgehead atoms. The molecule has 0 aromatic heterocycles. The fourth-order valence-electron chi connectivity index (χ4n) is 1.97. The number of amides is 1. The number of halogens is 2. The summed E-state index contributed by atoms with van der Waals surface area (Å²) in [5.41, 5.74) is -0.380. The van der Waals surface area contributed by atoms with Crippen molar-refractivity contribution in [1.82, 2.24) is 0 Å². The molecule has 102 valence electrons. The summed E-state index contributed by atoms with van der Waals surface area (Å²) >= 11 is 0. The van der Waals surface area contributed by atoms with Crippen LogP contribution < -0.4 is 4.90 Å². The number of carbonyl (C=O) groups excluding carboxylic acids is 2. The number of fused-ring (bicyclic) bond motifs is 1. The normalized spacial score (nSPS) is 14.2. The van der Waals surface area contributed by atoms with E-state index < -0.39 is 23.3 Å². The molecule has 0 saturated carbocycles. The number of hydrogen-bond acceptors (Lipinski definition) is 3. The van der Waals surface area contributed by atoms with Crippen molar-refractivity contribution >= 4 is 17.4 Å². The Morgan fingerprint density at radius 1 is 1.21 bits per heavy atom. The standard InChI is InChI=1S/C13H13F2NO3/c1-2-4-19-5-3-16-11-9(12(17)13(16)18)6-8(14)7-10(11)15/h6-7H,2-5H2,1H3. The smallest absolute Gasteiger partial charge is 0.299 e. The quantitative estimate of drug-likeness (QED) is 0.606. The number of carbonyl (C=O) groups is 2. The Balaban J connectivity index is 2.23. The van der Waals surface area contributed by atoms with Gasteiger partial charge in [-0.15, -0.1) is 0 Å². The van der Waals surface area contributed by atoms with Crippen molar-refractivity contribution in [2.75, 3.05) is 24.7 Å². The van der Waals surface area contributed by atoms with Crippen molar-refractivity contribution < 1.29 is 23.1 Å². The second-order valence-electron chi connectivity index (χ2n) is 4.18. The largest absolute Gasteiger partial charge is 0.380 e. The van der Waals surface area contributed by atoms with E-state index in [1.807, 2.05) is 6.92 Å². The van der Waals surface area contributed by atoms with E-state index in [-0.39, 0.29) is 24.4 Å². The molecule has 1 aromatic rings. The fourth-order valence-corrected chi connectivity index (χ4v) is 1.97. The summed E-state index contributed by atoms with van der Waals surface area (Å²) in [6, 6.07) is 1.54. The molecule has 0 atom stereocenters. The fraction of sp³-hybridized carbons (Fsp3) is 0.385. The summed E-state index contributed by atoms with van der Waals surface area (Å²) < 4.78 is 32.0. The lowest BCUT2D eigenvalue weighted by Crippen LogP contribution is -2.33. The summed E-state index contributed by atoms with van der Waals surface area (Å²) in [5.74, 6) is -3.52. The van der Waals surface area contributed by atoms with Crippen molar-refractivity contribution in [3.8, 4) is 0 Å². The summed E-state index contributed by atoms with van der Waals surface area (Å²) in [6.45, 7) is 2.72. The highest BCUT2D eigenvalue weighted by Crippen LogP contribution is 2.32. The Bertz CT molecular complexity index is 531. The van der Waals surface area contributed by atoms with Crippen LogP contribution in [-0.4, -0.2) is 31.4 Å². The summed E-state index contributed by atoms with van der Waals surface area (Å²) in [5, 5.41) is 0. The number of hydrogen-bond donors (Lipinski definition) is 0. The molecule has 0 unspecified atom stereocenters. The van der Waals surface area contributed by atoms with Gasteiger partial charge in [0.1, 0.15) is 5.82 Å². The molecular weight excluding hydrogens is 256 g/mol. The van der Waals surface area contributed by atoms with Gasteiger partial charge >= 0.3 is 0 Å². The first-order chi connectivity index (χ1) is 9.06. The number of rotatable bonds is 5. The van der Waals surface area contributed by atoms with E-state index in [0.717, 1.165) is 17.4 Å². The molecule has 1 amide bonds. The molecule has 1 aromatic carbocycles. The molecule has 1 aliphatic rings. The molecule has 0 aliphatic carbocycles. The lowest BCUT2D eigenvalue weighted by molar-refractivity contribution is -0.114. The van der Waals surface area contributed by atoms with E-state index in [9.17, 15) is 18.4 Å². The minimum atomic E-state index is -0.912. The van der Waals surface area contributed by atoms with E-state index in [1.165, 1.54) is 0 Å². The number of anilines is 1. The number of ketones is 1. The topological polar surface area (TPSA) is 46.6 Å². The summed E-state index contributed by atoms with van der Waals surface area (Å²) in [6.07, 6.45) is 0.822. The van der Waals surface area contributed by atoms with Crippen LogP contribution in [0, 0.1) is 11.6 Å². The van der Waals surface area contributed by atoms with Crippen molar-refractivity contribution in [2.45, 2.75) is 13.3 Å². The number of benzene rings is 1. The zero-order chi connectivity index (χ0) is 14.0. The molecule has 0 radical (unpaired) electrons. The Kier molecular flexibility index (Phi) is 3.90. The van der Waals surface area contributed by atoms with Crippen LogP contribution in [0.2, 0.25) is 0 Å². The van der Waals surface area contributed by atoms with Crippen LogP contribution in [0.1, 0.15) is 23.7 Å². The third kappa shape index (κ3) is 2.49. The minimum absolute atomic E-state index is 0.0696. The Morgan fingerprint density at radius 3 is 2.63 bits per heavy atom. The SMILES string of the molecule is CCCOCCN1C(=O)C(=O)c2cc(F)cc(F)c21. The predicted molar refractivity (Wildman–Crippen MR) is 64.2 cm³/mol. The van der Waals surface area contributed by atoms with Gasteiger partial charge in [0.2, 0.25) is 0 Å². The second-order valence-corrected chi connectivity index (χ2v) is 4.18. The van der Waals surface area contributed by atoms with Gasteiger partial charge in [-0.3, -0.25) is 14.5 Å². The number of nitrogens with zero attached hydrogens (tertiary/aromatic N) is 1. The molecule has 19 heavy (non-hydrogen) atoms. The zero-order valence-electron chi connectivity index (χ0n) is 10.4. The lowest BCUT2D eigenvalue weighted by Gasteiger charge is -2.16. The van der Waals surface area contributed by atoms with Crippen LogP contribution in [-0.2, 0) is 9.53 Å². The van der Waals surface area contributed by atoms with Crippen molar-refractivity contribution in [1.29, 1.82) is 0 Å². The van der Waals surface area contributed by atoms with Crippen molar-refractivity contribution in [2.24, 2.45) is 0 Å². The monoisotopic (exact) mass is 269 g/mol. The van der Waals surface area contributed by atoms with Gasteiger partial charge in [0, 0.05) is 19.2 Å². The highest BCUT2D eigenvalue weighted by atomic mass is 19.1. The van der Waals surface area contributed by atoms with E-state index in [0.29, 0.717) is 12.7 Å². The van der Waals surface area contributed by atoms with Gasteiger partial charge < -0.3 is 4.74 Å². The third-order valence-electron chi connectivity index (χ3n) is 2.79. The Labute approximate surface area is 109 Å². The summed E-state index contributed by atoms with van der Waals surface area (Å²) in [4.78, 5) is 24.4. The van der Waals surface area contributed by atoms with Gasteiger partial charge in [-0.05, 0) is 12.5 Å². The second kappa shape index (κ2) is 5.44. The summed E-state index contributed by atoms with van der Waals surface area (Å²) in [7, 11) is 0. The van der Waals surface area contributed by atoms with E-state index in [2.05, 4.69) is 0 Å².